The summed E-state index contributed by atoms with van der Waals surface area (Å²) in [7, 11) is 0. The van der Waals surface area contributed by atoms with Gasteiger partial charge in [0.2, 0.25) is 12.7 Å². The molecule has 0 radical (unpaired) electrons. The molecule has 2 heterocycles. The van der Waals surface area contributed by atoms with Crippen molar-refractivity contribution >= 4 is 35.1 Å². The lowest BCUT2D eigenvalue weighted by molar-refractivity contribution is -0.384. The van der Waals surface area contributed by atoms with Crippen molar-refractivity contribution in [1.82, 2.24) is 10.2 Å². The molecular formula is C18H12N4O8. The predicted octanol–water partition coefficient (Wildman–Crippen LogP) is 1.27. The van der Waals surface area contributed by atoms with Crippen molar-refractivity contribution in [2.45, 2.75) is 0 Å². The third-order valence-corrected chi connectivity index (χ3v) is 4.35. The topological polar surface area (TPSA) is 157 Å². The Morgan fingerprint density at radius 1 is 1.03 bits per heavy atom. The molecule has 0 fully saturated rings. The molecule has 0 aromatic heterocycles. The number of carbonyl (C=O) groups is 4. The Morgan fingerprint density at radius 2 is 1.77 bits per heavy atom. The van der Waals surface area contributed by atoms with E-state index in [2.05, 4.69) is 5.32 Å². The summed E-state index contributed by atoms with van der Waals surface area (Å²) in [4.78, 5) is 59.6. The van der Waals surface area contributed by atoms with Gasteiger partial charge in [0.05, 0.1) is 16.1 Å². The number of nitrogens with one attached hydrogen (secondary N) is 2. The van der Waals surface area contributed by atoms with E-state index in [9.17, 15) is 29.3 Å². The van der Waals surface area contributed by atoms with E-state index in [0.717, 1.165) is 18.2 Å². The fourth-order valence-electron chi connectivity index (χ4n) is 2.98. The lowest BCUT2D eigenvalue weighted by atomic mass is 10.1. The molecule has 12 nitrogen and oxygen atoms in total. The van der Waals surface area contributed by atoms with Crippen LogP contribution >= 0.6 is 0 Å². The van der Waals surface area contributed by atoms with Crippen LogP contribution in [-0.4, -0.2) is 46.9 Å². The molecule has 5 amide bonds. The number of nitrogens with zero attached hydrogens (tertiary/aromatic N) is 2. The Bertz CT molecular complexity index is 1130. The summed E-state index contributed by atoms with van der Waals surface area (Å²) in [6.45, 7) is -0.665. The Morgan fingerprint density at radius 3 is 2.53 bits per heavy atom. The van der Waals surface area contributed by atoms with E-state index in [1.54, 1.807) is 6.07 Å². The summed E-state index contributed by atoms with van der Waals surface area (Å²) in [6, 6.07) is 6.95. The molecule has 0 spiro atoms. The van der Waals surface area contributed by atoms with Gasteiger partial charge in [0.15, 0.2) is 11.5 Å². The number of non-ortho nitro benzene ring substituents is 1. The van der Waals surface area contributed by atoms with E-state index in [1.165, 1.54) is 12.1 Å². The summed E-state index contributed by atoms with van der Waals surface area (Å²) in [5, 5.41) is 15.3. The van der Waals surface area contributed by atoms with E-state index in [4.69, 9.17) is 9.47 Å². The van der Waals surface area contributed by atoms with Gasteiger partial charge in [0, 0.05) is 23.9 Å². The first-order valence-electron chi connectivity index (χ1n) is 8.48. The SMILES string of the molecule is O=C(CN1C(=O)c2ccc([N+](=O)[O-])cc2C1=O)NC(=O)Nc1ccc2c(c1)OCO2. The number of fused-ring (bicyclic) bond motifs is 2. The number of benzene rings is 2. The van der Waals surface area contributed by atoms with Crippen LogP contribution in [0.1, 0.15) is 20.7 Å². The highest BCUT2D eigenvalue weighted by Crippen LogP contribution is 2.34. The largest absolute Gasteiger partial charge is 0.454 e. The maximum atomic E-state index is 12.4. The van der Waals surface area contributed by atoms with Gasteiger partial charge in [0.1, 0.15) is 6.54 Å². The van der Waals surface area contributed by atoms with Crippen LogP contribution in [0.2, 0.25) is 0 Å². The van der Waals surface area contributed by atoms with Crippen LogP contribution in [-0.2, 0) is 4.79 Å². The van der Waals surface area contributed by atoms with E-state index in [1.807, 2.05) is 5.32 Å². The summed E-state index contributed by atoms with van der Waals surface area (Å²) >= 11 is 0. The highest BCUT2D eigenvalue weighted by atomic mass is 16.7. The number of hydrogen-bond acceptors (Lipinski definition) is 8. The number of hydrogen-bond donors (Lipinski definition) is 2. The van der Waals surface area contributed by atoms with Crippen molar-refractivity contribution in [3.8, 4) is 11.5 Å². The molecule has 30 heavy (non-hydrogen) atoms. The second kappa shape index (κ2) is 7.16. The van der Waals surface area contributed by atoms with Crippen LogP contribution < -0.4 is 20.1 Å². The summed E-state index contributed by atoms with van der Waals surface area (Å²) in [5.74, 6) is -1.61. The molecule has 2 aliphatic rings. The van der Waals surface area contributed by atoms with Gasteiger partial charge in [-0.3, -0.25) is 34.7 Å². The maximum absolute atomic E-state index is 12.4. The first-order chi connectivity index (χ1) is 14.3. The molecule has 4 rings (SSSR count). The summed E-state index contributed by atoms with van der Waals surface area (Å²) in [5.41, 5.74) is -0.253. The van der Waals surface area contributed by atoms with Gasteiger partial charge in [-0.05, 0) is 18.2 Å². The van der Waals surface area contributed by atoms with Crippen molar-refractivity contribution in [1.29, 1.82) is 0 Å². The highest BCUT2D eigenvalue weighted by molar-refractivity contribution is 6.23. The molecule has 0 unspecified atom stereocenters. The Labute approximate surface area is 167 Å². The number of urea groups is 1. The van der Waals surface area contributed by atoms with Crippen molar-refractivity contribution < 1.29 is 33.6 Å². The molecule has 152 valence electrons. The normalized spacial score (nSPS) is 13.8. The minimum Gasteiger partial charge on any atom is -0.454 e. The first-order valence-corrected chi connectivity index (χ1v) is 8.48. The molecule has 0 aliphatic carbocycles. The van der Waals surface area contributed by atoms with E-state index in [0.29, 0.717) is 22.1 Å². The van der Waals surface area contributed by atoms with Crippen molar-refractivity contribution in [3.63, 3.8) is 0 Å². The molecule has 0 saturated carbocycles. The Hall–Kier alpha value is -4.48. The number of amides is 5. The molecule has 0 saturated heterocycles. The zero-order valence-electron chi connectivity index (χ0n) is 15.0. The molecule has 2 aromatic rings. The number of nitro benzene ring substituents is 1. The van der Waals surface area contributed by atoms with Gasteiger partial charge in [-0.15, -0.1) is 0 Å². The van der Waals surface area contributed by atoms with Gasteiger partial charge >= 0.3 is 6.03 Å². The molecule has 2 aromatic carbocycles. The number of anilines is 1. The van der Waals surface area contributed by atoms with Crippen LogP contribution in [0.4, 0.5) is 16.2 Å². The predicted molar refractivity (Wildman–Crippen MR) is 98.2 cm³/mol. The Balaban J connectivity index is 1.39. The second-order valence-electron chi connectivity index (χ2n) is 6.25. The number of ether oxygens (including phenoxy) is 2. The molecule has 0 atom stereocenters. The second-order valence-corrected chi connectivity index (χ2v) is 6.25. The molecule has 0 bridgehead atoms. The standard InChI is InChI=1S/C18H12N4O8/c23-15(20-18(26)19-9-1-4-13-14(5-9)30-8-29-13)7-21-16(24)11-3-2-10(22(27)28)6-12(11)17(21)25/h1-6H,7-8H2,(H2,19,20,23,26). The average molecular weight is 412 g/mol. The highest BCUT2D eigenvalue weighted by Gasteiger charge is 2.38. The third kappa shape index (κ3) is 3.37. The first kappa shape index (κ1) is 18.9. The van der Waals surface area contributed by atoms with Crippen LogP contribution in [0.3, 0.4) is 0 Å². The van der Waals surface area contributed by atoms with Crippen LogP contribution in [0.5, 0.6) is 11.5 Å². The molecular weight excluding hydrogens is 400 g/mol. The van der Waals surface area contributed by atoms with Gasteiger partial charge in [-0.1, -0.05) is 0 Å². The fraction of sp³-hybridized carbons (Fsp3) is 0.111. The van der Waals surface area contributed by atoms with Crippen molar-refractivity contribution in [2.75, 3.05) is 18.7 Å². The third-order valence-electron chi connectivity index (χ3n) is 4.35. The fourth-order valence-corrected chi connectivity index (χ4v) is 2.98. The number of rotatable bonds is 4. The molecule has 2 aliphatic heterocycles. The van der Waals surface area contributed by atoms with Crippen LogP contribution in [0.15, 0.2) is 36.4 Å². The maximum Gasteiger partial charge on any atom is 0.325 e. The van der Waals surface area contributed by atoms with Crippen LogP contribution in [0, 0.1) is 10.1 Å². The molecule has 12 heteroatoms. The van der Waals surface area contributed by atoms with Crippen LogP contribution in [0.25, 0.3) is 0 Å². The zero-order chi connectivity index (χ0) is 21.4. The molecule has 2 N–H and O–H groups in total. The number of imide groups is 2. The van der Waals surface area contributed by atoms with Crippen molar-refractivity contribution in [3.05, 3.63) is 57.6 Å². The number of carbonyl (C=O) groups excluding carboxylic acids is 4. The monoisotopic (exact) mass is 412 g/mol. The zero-order valence-corrected chi connectivity index (χ0v) is 15.0. The number of nitro groups is 1. The summed E-state index contributed by atoms with van der Waals surface area (Å²) < 4.78 is 10.3. The quantitative estimate of drug-likeness (QED) is 0.432. The smallest absolute Gasteiger partial charge is 0.325 e. The van der Waals surface area contributed by atoms with Crippen molar-refractivity contribution in [2.24, 2.45) is 0 Å². The van der Waals surface area contributed by atoms with E-state index in [-0.39, 0.29) is 23.6 Å². The lowest BCUT2D eigenvalue weighted by Gasteiger charge is -2.13. The van der Waals surface area contributed by atoms with Gasteiger partial charge in [-0.2, -0.15) is 0 Å². The summed E-state index contributed by atoms with van der Waals surface area (Å²) in [6.07, 6.45) is 0. The van der Waals surface area contributed by atoms with E-state index < -0.39 is 35.2 Å². The lowest BCUT2D eigenvalue weighted by Crippen LogP contribution is -2.43. The van der Waals surface area contributed by atoms with Gasteiger partial charge in [0.25, 0.3) is 17.5 Å². The van der Waals surface area contributed by atoms with E-state index >= 15 is 0 Å². The average Bonchev–Trinajstić information content (AvgIpc) is 3.26. The van der Waals surface area contributed by atoms with Gasteiger partial charge < -0.3 is 14.8 Å². The minimum absolute atomic E-state index is 0.0526. The van der Waals surface area contributed by atoms with Gasteiger partial charge in [-0.25, -0.2) is 4.79 Å². The minimum atomic E-state index is -0.919. The Kier molecular flexibility index (Phi) is 4.50.